The summed E-state index contributed by atoms with van der Waals surface area (Å²) in [7, 11) is -0.953. The summed E-state index contributed by atoms with van der Waals surface area (Å²) in [5, 5.41) is 11.2. The molecular formula is C14H27N5O4S. The van der Waals surface area contributed by atoms with Crippen molar-refractivity contribution in [1.82, 2.24) is 25.2 Å². The zero-order chi connectivity index (χ0) is 17.3. The predicted octanol–water partition coefficient (Wildman–Crippen LogP) is -1.24. The third-order valence-electron chi connectivity index (χ3n) is 3.74. The van der Waals surface area contributed by atoms with Crippen molar-refractivity contribution < 1.29 is 17.9 Å². The smallest absolute Gasteiger partial charge is 0.152 e. The number of nitrogens with one attached hydrogen (secondary N) is 1. The fraction of sp³-hybridized carbons (Fsp3) is 0.857. The van der Waals surface area contributed by atoms with Crippen LogP contribution in [0.5, 0.6) is 0 Å². The van der Waals surface area contributed by atoms with Crippen LogP contribution in [0.15, 0.2) is 6.20 Å². The molecule has 0 amide bonds. The van der Waals surface area contributed by atoms with Crippen LogP contribution < -0.4 is 5.32 Å². The molecule has 0 saturated carbocycles. The first-order valence-electron chi connectivity index (χ1n) is 8.21. The minimum Gasteiger partial charge on any atom is -0.378 e. The molecule has 2 heterocycles. The number of likely N-dealkylation sites (N-methyl/N-ethyl adjacent to an activating group) is 1. The van der Waals surface area contributed by atoms with Crippen molar-refractivity contribution in [2.45, 2.75) is 13.1 Å². The summed E-state index contributed by atoms with van der Waals surface area (Å²) in [6.07, 6.45) is 1.88. The molecule has 1 aliphatic rings. The first-order chi connectivity index (χ1) is 11.6. The van der Waals surface area contributed by atoms with Crippen molar-refractivity contribution in [3.63, 3.8) is 0 Å². The number of rotatable bonds is 11. The molecular weight excluding hydrogens is 334 g/mol. The lowest BCUT2D eigenvalue weighted by Gasteiger charge is -2.25. The maximum atomic E-state index is 11.4. The highest BCUT2D eigenvalue weighted by atomic mass is 32.2. The van der Waals surface area contributed by atoms with E-state index >= 15 is 0 Å². The Kier molecular flexibility index (Phi) is 8.06. The molecule has 0 radical (unpaired) electrons. The van der Waals surface area contributed by atoms with E-state index in [0.717, 1.165) is 12.2 Å². The molecule has 9 nitrogen and oxygen atoms in total. The molecule has 1 aliphatic heterocycles. The van der Waals surface area contributed by atoms with Crippen LogP contribution in [0.1, 0.15) is 5.69 Å². The topological polar surface area (TPSA) is 98.6 Å². The van der Waals surface area contributed by atoms with Crippen LogP contribution in [-0.4, -0.2) is 92.9 Å². The van der Waals surface area contributed by atoms with E-state index in [1.54, 1.807) is 4.68 Å². The Morgan fingerprint density at radius 1 is 1.17 bits per heavy atom. The molecule has 0 atom stereocenters. The Morgan fingerprint density at radius 3 is 2.58 bits per heavy atom. The number of hydrogen-bond acceptors (Lipinski definition) is 8. The largest absolute Gasteiger partial charge is 0.378 e. The van der Waals surface area contributed by atoms with Gasteiger partial charge in [-0.05, 0) is 7.05 Å². The van der Waals surface area contributed by atoms with Gasteiger partial charge in [-0.2, -0.15) is 0 Å². The molecule has 1 aromatic rings. The monoisotopic (exact) mass is 361 g/mol. The number of nitrogens with zero attached hydrogens (tertiary/aromatic N) is 4. The second kappa shape index (κ2) is 10.0. The van der Waals surface area contributed by atoms with Crippen LogP contribution in [0.25, 0.3) is 0 Å². The maximum absolute atomic E-state index is 11.4. The lowest BCUT2D eigenvalue weighted by molar-refractivity contribution is 0.0453. The van der Waals surface area contributed by atoms with Crippen molar-refractivity contribution in [2.24, 2.45) is 0 Å². The van der Waals surface area contributed by atoms with Crippen LogP contribution in [0.4, 0.5) is 0 Å². The molecule has 24 heavy (non-hydrogen) atoms. The van der Waals surface area contributed by atoms with Crippen molar-refractivity contribution in [3.8, 4) is 0 Å². The van der Waals surface area contributed by atoms with Gasteiger partial charge in [0.1, 0.15) is 0 Å². The fourth-order valence-electron chi connectivity index (χ4n) is 2.31. The highest BCUT2D eigenvalue weighted by Crippen LogP contribution is 2.07. The molecule has 2 rings (SSSR count). The molecule has 0 spiro atoms. The van der Waals surface area contributed by atoms with E-state index in [0.29, 0.717) is 52.6 Å². The van der Waals surface area contributed by atoms with Crippen LogP contribution in [0, 0.1) is 0 Å². The van der Waals surface area contributed by atoms with Gasteiger partial charge in [-0.3, -0.25) is 4.90 Å². The van der Waals surface area contributed by atoms with Crippen LogP contribution in [0.3, 0.4) is 0 Å². The predicted molar refractivity (Wildman–Crippen MR) is 89.5 cm³/mol. The Labute approximate surface area is 143 Å². The summed E-state index contributed by atoms with van der Waals surface area (Å²) in [5.41, 5.74) is 0.852. The number of ether oxygens (including phenoxy) is 2. The van der Waals surface area contributed by atoms with Gasteiger partial charge in [-0.15, -0.1) is 5.10 Å². The van der Waals surface area contributed by atoms with Crippen LogP contribution in [0.2, 0.25) is 0 Å². The minimum atomic E-state index is -2.84. The zero-order valence-electron chi connectivity index (χ0n) is 14.2. The molecule has 138 valence electrons. The van der Waals surface area contributed by atoms with Gasteiger partial charge < -0.3 is 14.8 Å². The van der Waals surface area contributed by atoms with Crippen LogP contribution in [-0.2, 0) is 32.4 Å². The Hall–Kier alpha value is -1.07. The van der Waals surface area contributed by atoms with Crippen molar-refractivity contribution >= 4 is 9.84 Å². The lowest BCUT2D eigenvalue weighted by atomic mass is 10.4. The highest BCUT2D eigenvalue weighted by Gasteiger charge is 2.22. The SMILES string of the molecule is CNCCOCCOCCn1cc(CN2CCS(=O)(=O)CC2)nn1. The third-order valence-corrected chi connectivity index (χ3v) is 5.35. The second-order valence-electron chi connectivity index (χ2n) is 5.73. The van der Waals surface area contributed by atoms with Crippen molar-refractivity contribution in [3.05, 3.63) is 11.9 Å². The van der Waals surface area contributed by atoms with Gasteiger partial charge in [0.2, 0.25) is 0 Å². The highest BCUT2D eigenvalue weighted by molar-refractivity contribution is 7.91. The van der Waals surface area contributed by atoms with Crippen molar-refractivity contribution in [2.75, 3.05) is 64.6 Å². The standard InChI is InChI=1S/C14H27N5O4S/c1-15-2-6-22-8-9-23-7-3-19-13-14(16-17-19)12-18-4-10-24(20,21)11-5-18/h13,15H,2-12H2,1H3. The zero-order valence-corrected chi connectivity index (χ0v) is 15.0. The molecule has 0 aromatic carbocycles. The minimum absolute atomic E-state index is 0.228. The van der Waals surface area contributed by atoms with Gasteiger partial charge in [0.05, 0.1) is 50.2 Å². The van der Waals surface area contributed by atoms with Crippen LogP contribution >= 0.6 is 0 Å². The van der Waals surface area contributed by atoms with E-state index in [4.69, 9.17) is 9.47 Å². The molecule has 1 N–H and O–H groups in total. The molecule has 10 heteroatoms. The molecule has 0 bridgehead atoms. The van der Waals surface area contributed by atoms with E-state index in [-0.39, 0.29) is 11.5 Å². The molecule has 1 aromatic heterocycles. The van der Waals surface area contributed by atoms with E-state index < -0.39 is 9.84 Å². The van der Waals surface area contributed by atoms with Gasteiger partial charge >= 0.3 is 0 Å². The normalized spacial score (nSPS) is 18.0. The average molecular weight is 361 g/mol. The van der Waals surface area contributed by atoms with E-state index in [1.807, 2.05) is 13.2 Å². The summed E-state index contributed by atoms with van der Waals surface area (Å²) in [5.74, 6) is 0.455. The van der Waals surface area contributed by atoms with Gasteiger partial charge in [-0.1, -0.05) is 5.21 Å². The first-order valence-corrected chi connectivity index (χ1v) is 10.0. The maximum Gasteiger partial charge on any atom is 0.152 e. The number of sulfone groups is 1. The van der Waals surface area contributed by atoms with E-state index in [9.17, 15) is 8.42 Å². The fourth-order valence-corrected chi connectivity index (χ4v) is 3.59. The Morgan fingerprint density at radius 2 is 1.88 bits per heavy atom. The summed E-state index contributed by atoms with van der Waals surface area (Å²) in [6, 6.07) is 0. The van der Waals surface area contributed by atoms with E-state index in [1.165, 1.54) is 0 Å². The average Bonchev–Trinajstić information content (AvgIpc) is 2.99. The second-order valence-corrected chi connectivity index (χ2v) is 8.03. The van der Waals surface area contributed by atoms with Gasteiger partial charge in [0, 0.05) is 32.4 Å². The van der Waals surface area contributed by atoms with Gasteiger partial charge in [-0.25, -0.2) is 13.1 Å². The quantitative estimate of drug-likeness (QED) is 0.489. The number of aromatic nitrogens is 3. The molecule has 1 saturated heterocycles. The third kappa shape index (κ3) is 7.22. The molecule has 1 fully saturated rings. The summed E-state index contributed by atoms with van der Waals surface area (Å²) in [4.78, 5) is 2.09. The Bertz CT molecular complexity index is 563. The number of hydrogen-bond donors (Lipinski definition) is 1. The van der Waals surface area contributed by atoms with E-state index in [2.05, 4.69) is 20.5 Å². The molecule has 0 unspecified atom stereocenters. The van der Waals surface area contributed by atoms with Crippen molar-refractivity contribution in [1.29, 1.82) is 0 Å². The first kappa shape index (κ1) is 19.3. The summed E-state index contributed by atoms with van der Waals surface area (Å²) in [6.45, 7) is 5.62. The molecule has 0 aliphatic carbocycles. The Balaban J connectivity index is 1.58. The van der Waals surface area contributed by atoms with Gasteiger partial charge in [0.15, 0.2) is 9.84 Å². The van der Waals surface area contributed by atoms with Gasteiger partial charge in [0.25, 0.3) is 0 Å². The summed E-state index contributed by atoms with van der Waals surface area (Å²) < 4.78 is 35.4. The lowest BCUT2D eigenvalue weighted by Crippen LogP contribution is -2.39. The summed E-state index contributed by atoms with van der Waals surface area (Å²) >= 11 is 0.